The van der Waals surface area contributed by atoms with Gasteiger partial charge < -0.3 is 4.42 Å². The van der Waals surface area contributed by atoms with Gasteiger partial charge in [-0.05, 0) is 12.1 Å². The molecule has 4 nitrogen and oxygen atoms in total. The fourth-order valence-corrected chi connectivity index (χ4v) is 1.99. The second-order valence-electron chi connectivity index (χ2n) is 2.73. The van der Waals surface area contributed by atoms with Crippen molar-refractivity contribution in [2.75, 3.05) is 6.26 Å². The molecule has 0 aliphatic rings. The molecule has 0 unspecified atom stereocenters. The van der Waals surface area contributed by atoms with Crippen LogP contribution in [0, 0.1) is 0 Å². The molecule has 0 fully saturated rings. The number of oxazole rings is 1. The van der Waals surface area contributed by atoms with E-state index in [2.05, 4.69) is 4.98 Å². The predicted molar refractivity (Wildman–Crippen MR) is 47.1 cm³/mol. The quantitative estimate of drug-likeness (QED) is 0.689. The summed E-state index contributed by atoms with van der Waals surface area (Å²) < 4.78 is 27.5. The molecule has 0 bridgehead atoms. The molecule has 0 radical (unpaired) electrons. The van der Waals surface area contributed by atoms with Crippen LogP contribution in [0.25, 0.3) is 11.1 Å². The third-order valence-corrected chi connectivity index (χ3v) is 2.85. The first-order chi connectivity index (χ1) is 6.09. The summed E-state index contributed by atoms with van der Waals surface area (Å²) >= 11 is 0. The summed E-state index contributed by atoms with van der Waals surface area (Å²) in [6, 6.07) is 4.82. The Morgan fingerprint density at radius 2 is 2.15 bits per heavy atom. The fourth-order valence-electron chi connectivity index (χ4n) is 1.16. The molecule has 0 N–H and O–H groups in total. The SMILES string of the molecule is CS(=O)(=O)c1cccc2ocnc12. The van der Waals surface area contributed by atoms with E-state index in [4.69, 9.17) is 4.42 Å². The number of benzene rings is 1. The van der Waals surface area contributed by atoms with Crippen LogP contribution in [-0.2, 0) is 9.84 Å². The predicted octanol–water partition coefficient (Wildman–Crippen LogP) is 1.23. The normalized spacial score (nSPS) is 12.1. The molecule has 1 aromatic heterocycles. The first kappa shape index (κ1) is 8.25. The van der Waals surface area contributed by atoms with Gasteiger partial charge in [0.1, 0.15) is 5.52 Å². The van der Waals surface area contributed by atoms with Crippen LogP contribution in [0.5, 0.6) is 0 Å². The average Bonchev–Trinajstić information content (AvgIpc) is 2.48. The Morgan fingerprint density at radius 3 is 2.85 bits per heavy atom. The van der Waals surface area contributed by atoms with E-state index in [-0.39, 0.29) is 4.90 Å². The molecule has 5 heteroatoms. The summed E-state index contributed by atoms with van der Waals surface area (Å²) in [7, 11) is -3.22. The molecule has 0 aliphatic carbocycles. The second kappa shape index (κ2) is 2.56. The maximum Gasteiger partial charge on any atom is 0.182 e. The molecule has 68 valence electrons. The maximum absolute atomic E-state index is 11.3. The number of nitrogens with zero attached hydrogens (tertiary/aromatic N) is 1. The van der Waals surface area contributed by atoms with Gasteiger partial charge in [-0.3, -0.25) is 0 Å². The Bertz CT molecular complexity index is 541. The van der Waals surface area contributed by atoms with E-state index in [1.807, 2.05) is 0 Å². The van der Waals surface area contributed by atoms with Crippen LogP contribution in [0.1, 0.15) is 0 Å². The van der Waals surface area contributed by atoms with Crippen LogP contribution in [-0.4, -0.2) is 19.7 Å². The number of aromatic nitrogens is 1. The number of para-hydroxylation sites is 1. The smallest absolute Gasteiger partial charge is 0.182 e. The van der Waals surface area contributed by atoms with E-state index in [9.17, 15) is 8.42 Å². The lowest BCUT2D eigenvalue weighted by Gasteiger charge is -1.96. The number of fused-ring (bicyclic) bond motifs is 1. The van der Waals surface area contributed by atoms with Crippen molar-refractivity contribution in [3.05, 3.63) is 24.6 Å². The summed E-state index contributed by atoms with van der Waals surface area (Å²) in [6.45, 7) is 0. The lowest BCUT2D eigenvalue weighted by Crippen LogP contribution is -1.97. The Balaban J connectivity index is 2.91. The van der Waals surface area contributed by atoms with Crippen molar-refractivity contribution in [1.82, 2.24) is 4.98 Å². The van der Waals surface area contributed by atoms with E-state index < -0.39 is 9.84 Å². The molecule has 2 aromatic rings. The first-order valence-corrected chi connectivity index (χ1v) is 5.50. The summed E-state index contributed by atoms with van der Waals surface area (Å²) in [5, 5.41) is 0. The molecule has 0 saturated heterocycles. The van der Waals surface area contributed by atoms with Crippen molar-refractivity contribution in [3.8, 4) is 0 Å². The van der Waals surface area contributed by atoms with E-state index in [0.717, 1.165) is 6.26 Å². The van der Waals surface area contributed by atoms with Crippen molar-refractivity contribution in [2.24, 2.45) is 0 Å². The number of hydrogen-bond acceptors (Lipinski definition) is 4. The van der Waals surface area contributed by atoms with Gasteiger partial charge >= 0.3 is 0 Å². The number of sulfone groups is 1. The van der Waals surface area contributed by atoms with Gasteiger partial charge in [0.05, 0.1) is 4.90 Å². The Hall–Kier alpha value is -1.36. The van der Waals surface area contributed by atoms with Crippen LogP contribution >= 0.6 is 0 Å². The largest absolute Gasteiger partial charge is 0.443 e. The van der Waals surface area contributed by atoms with Gasteiger partial charge in [-0.25, -0.2) is 13.4 Å². The summed E-state index contributed by atoms with van der Waals surface area (Å²) in [4.78, 5) is 4.05. The van der Waals surface area contributed by atoms with Crippen molar-refractivity contribution in [3.63, 3.8) is 0 Å². The first-order valence-electron chi connectivity index (χ1n) is 3.61. The van der Waals surface area contributed by atoms with Gasteiger partial charge in [0.2, 0.25) is 0 Å². The molecule has 0 atom stereocenters. The Morgan fingerprint density at radius 1 is 1.38 bits per heavy atom. The van der Waals surface area contributed by atoms with Crippen LogP contribution in [0.2, 0.25) is 0 Å². The lowest BCUT2D eigenvalue weighted by molar-refractivity contribution is 0.599. The van der Waals surface area contributed by atoms with Crippen molar-refractivity contribution < 1.29 is 12.8 Å². The summed E-state index contributed by atoms with van der Waals surface area (Å²) in [6.07, 6.45) is 2.38. The van der Waals surface area contributed by atoms with Gasteiger partial charge in [0.15, 0.2) is 21.8 Å². The van der Waals surface area contributed by atoms with E-state index >= 15 is 0 Å². The van der Waals surface area contributed by atoms with Crippen molar-refractivity contribution >= 4 is 20.9 Å². The highest BCUT2D eigenvalue weighted by molar-refractivity contribution is 7.91. The highest BCUT2D eigenvalue weighted by atomic mass is 32.2. The maximum atomic E-state index is 11.3. The van der Waals surface area contributed by atoms with Gasteiger partial charge in [-0.2, -0.15) is 0 Å². The molecule has 2 rings (SSSR count). The fraction of sp³-hybridized carbons (Fsp3) is 0.125. The molecule has 0 spiro atoms. The lowest BCUT2D eigenvalue weighted by atomic mass is 10.3. The van der Waals surface area contributed by atoms with Gasteiger partial charge in [-0.15, -0.1) is 0 Å². The zero-order valence-electron chi connectivity index (χ0n) is 6.89. The third-order valence-electron chi connectivity index (χ3n) is 1.72. The van der Waals surface area contributed by atoms with Crippen molar-refractivity contribution in [1.29, 1.82) is 0 Å². The van der Waals surface area contributed by atoms with Crippen LogP contribution in [0.4, 0.5) is 0 Å². The number of rotatable bonds is 1. The highest BCUT2D eigenvalue weighted by Gasteiger charge is 2.13. The zero-order valence-corrected chi connectivity index (χ0v) is 7.71. The highest BCUT2D eigenvalue weighted by Crippen LogP contribution is 2.20. The third kappa shape index (κ3) is 1.31. The molecule has 1 heterocycles. The molecule has 0 amide bonds. The van der Waals surface area contributed by atoms with Crippen LogP contribution in [0.15, 0.2) is 33.9 Å². The Kier molecular flexibility index (Phi) is 1.63. The van der Waals surface area contributed by atoms with Crippen LogP contribution < -0.4 is 0 Å². The molecule has 1 aromatic carbocycles. The van der Waals surface area contributed by atoms with Crippen LogP contribution in [0.3, 0.4) is 0 Å². The molecular formula is C8H7NO3S. The number of hydrogen-bond donors (Lipinski definition) is 0. The second-order valence-corrected chi connectivity index (χ2v) is 4.71. The standard InChI is InChI=1S/C8H7NO3S/c1-13(10,11)7-4-2-3-6-8(7)9-5-12-6/h2-5H,1H3. The topological polar surface area (TPSA) is 60.2 Å². The van der Waals surface area contributed by atoms with E-state index in [0.29, 0.717) is 11.1 Å². The van der Waals surface area contributed by atoms with Crippen molar-refractivity contribution in [2.45, 2.75) is 4.90 Å². The molecule has 13 heavy (non-hydrogen) atoms. The Labute approximate surface area is 75.1 Å². The van der Waals surface area contributed by atoms with Gasteiger partial charge in [-0.1, -0.05) is 6.07 Å². The minimum atomic E-state index is -3.22. The van der Waals surface area contributed by atoms with Gasteiger partial charge in [0.25, 0.3) is 0 Å². The molecular weight excluding hydrogens is 190 g/mol. The summed E-state index contributed by atoms with van der Waals surface area (Å²) in [5.74, 6) is 0. The minimum Gasteiger partial charge on any atom is -0.443 e. The molecule has 0 aliphatic heterocycles. The van der Waals surface area contributed by atoms with E-state index in [1.165, 1.54) is 12.5 Å². The summed E-state index contributed by atoms with van der Waals surface area (Å²) in [5.41, 5.74) is 0.882. The minimum absolute atomic E-state index is 0.207. The zero-order chi connectivity index (χ0) is 9.47. The average molecular weight is 197 g/mol. The van der Waals surface area contributed by atoms with Gasteiger partial charge in [0, 0.05) is 6.26 Å². The molecule has 0 saturated carbocycles. The monoisotopic (exact) mass is 197 g/mol. The van der Waals surface area contributed by atoms with E-state index in [1.54, 1.807) is 12.1 Å².